The molecule has 3 saturated carbocycles. The third-order valence-corrected chi connectivity index (χ3v) is 8.41. The molecule has 1 aromatic carbocycles. The third-order valence-electron chi connectivity index (χ3n) is 8.41. The molecule has 1 aromatic rings. The van der Waals surface area contributed by atoms with Gasteiger partial charge in [-0.15, -0.1) is 0 Å². The molecule has 3 fully saturated rings. The van der Waals surface area contributed by atoms with Crippen LogP contribution in [0.15, 0.2) is 36.1 Å². The summed E-state index contributed by atoms with van der Waals surface area (Å²) < 4.78 is 5.28. The average Bonchev–Trinajstić information content (AvgIpc) is 2.66. The van der Waals surface area contributed by atoms with Crippen molar-refractivity contribution in [3.8, 4) is 11.5 Å². The van der Waals surface area contributed by atoms with E-state index in [1.54, 1.807) is 7.11 Å². The second kappa shape index (κ2) is 8.56. The smallest absolute Gasteiger partial charge is 0.123 e. The summed E-state index contributed by atoms with van der Waals surface area (Å²) >= 11 is 0. The molecule has 0 heterocycles. The zero-order chi connectivity index (χ0) is 22.3. The molecule has 3 heteroatoms. The van der Waals surface area contributed by atoms with E-state index < -0.39 is 0 Å². The molecule has 3 unspecified atom stereocenters. The lowest BCUT2D eigenvalue weighted by Gasteiger charge is -2.50. The summed E-state index contributed by atoms with van der Waals surface area (Å²) in [5, 5.41) is 22.5. The molecular weight excluding hydrogens is 384 g/mol. The summed E-state index contributed by atoms with van der Waals surface area (Å²) in [6.07, 6.45) is 10.7. The Bertz CT molecular complexity index is 824. The Morgan fingerprint density at radius 1 is 1.10 bits per heavy atom. The van der Waals surface area contributed by atoms with Crippen molar-refractivity contribution in [1.82, 2.24) is 0 Å². The largest absolute Gasteiger partial charge is 0.508 e. The number of aromatic hydroxyl groups is 2. The van der Waals surface area contributed by atoms with Gasteiger partial charge in [-0.2, -0.15) is 0 Å². The van der Waals surface area contributed by atoms with Crippen LogP contribution in [0.2, 0.25) is 0 Å². The monoisotopic (exact) mass is 424 g/mol. The lowest BCUT2D eigenvalue weighted by molar-refractivity contribution is 0.0776. The SMILES string of the molecule is C=C(C)C1CC/C(=C\OC)C[C@@H]1c1c(O)cc(C23CC(C)CC(CC(C)C2)C3)cc1O. The van der Waals surface area contributed by atoms with E-state index in [4.69, 9.17) is 4.74 Å². The average molecular weight is 425 g/mol. The van der Waals surface area contributed by atoms with Crippen LogP contribution in [-0.2, 0) is 10.2 Å². The van der Waals surface area contributed by atoms with Crippen LogP contribution in [0.1, 0.15) is 89.2 Å². The highest BCUT2D eigenvalue weighted by molar-refractivity contribution is 5.52. The van der Waals surface area contributed by atoms with Gasteiger partial charge in [-0.05, 0) is 111 Å². The van der Waals surface area contributed by atoms with Crippen LogP contribution in [0, 0.1) is 23.7 Å². The van der Waals surface area contributed by atoms with E-state index >= 15 is 0 Å². The first-order valence-electron chi connectivity index (χ1n) is 12.1. The number of ether oxygens (including phenoxy) is 1. The van der Waals surface area contributed by atoms with Crippen LogP contribution in [0.25, 0.3) is 0 Å². The van der Waals surface area contributed by atoms with Crippen molar-refractivity contribution in [3.63, 3.8) is 0 Å². The number of methoxy groups -OCH3 is 1. The first-order valence-corrected chi connectivity index (χ1v) is 12.1. The Labute approximate surface area is 188 Å². The van der Waals surface area contributed by atoms with E-state index in [2.05, 4.69) is 27.4 Å². The molecule has 3 nitrogen and oxygen atoms in total. The highest BCUT2D eigenvalue weighted by Gasteiger charge is 2.46. The van der Waals surface area contributed by atoms with E-state index in [0.717, 1.165) is 49.2 Å². The Morgan fingerprint density at radius 2 is 1.71 bits per heavy atom. The van der Waals surface area contributed by atoms with Gasteiger partial charge < -0.3 is 14.9 Å². The zero-order valence-corrected chi connectivity index (χ0v) is 19.8. The fourth-order valence-corrected chi connectivity index (χ4v) is 7.60. The highest BCUT2D eigenvalue weighted by atomic mass is 16.5. The molecule has 3 aliphatic rings. The molecule has 0 amide bonds. The van der Waals surface area contributed by atoms with Crippen molar-refractivity contribution in [2.45, 2.75) is 83.5 Å². The van der Waals surface area contributed by atoms with E-state index in [1.165, 1.54) is 24.8 Å². The Balaban J connectivity index is 1.73. The minimum Gasteiger partial charge on any atom is -0.508 e. The summed E-state index contributed by atoms with van der Waals surface area (Å²) in [6, 6.07) is 3.98. The van der Waals surface area contributed by atoms with Gasteiger partial charge in [-0.25, -0.2) is 0 Å². The maximum absolute atomic E-state index is 11.3. The predicted octanol–water partition coefficient (Wildman–Crippen LogP) is 7.19. The van der Waals surface area contributed by atoms with Gasteiger partial charge in [0.1, 0.15) is 11.5 Å². The fraction of sp³-hybridized carbons (Fsp3) is 0.643. The maximum atomic E-state index is 11.3. The lowest BCUT2D eigenvalue weighted by atomic mass is 9.54. The number of phenolic OH excluding ortho intramolecular Hbond substituents is 2. The normalized spacial score (nSPS) is 36.9. The van der Waals surface area contributed by atoms with Crippen LogP contribution in [-0.4, -0.2) is 17.3 Å². The number of hydrogen-bond acceptors (Lipinski definition) is 3. The van der Waals surface area contributed by atoms with Crippen molar-refractivity contribution in [2.24, 2.45) is 23.7 Å². The summed E-state index contributed by atoms with van der Waals surface area (Å²) in [5.74, 6) is 2.96. The standard InChI is InChI=1S/C28H40O3/c1-17(2)23-7-6-20(16-31-5)10-24(23)27-25(29)11-22(12-26(27)30)28-13-18(3)8-21(15-28)9-19(4)14-28/h11-12,16,18-19,21,23-24,29-30H,1,6-10,13-15H2,2-5H3/b20-16+/t18?,19?,21?,23?,24-,28?/m0/s1. The zero-order valence-electron chi connectivity index (χ0n) is 19.8. The molecular formula is C28H40O3. The molecule has 3 aliphatic carbocycles. The first-order chi connectivity index (χ1) is 14.7. The van der Waals surface area contributed by atoms with Gasteiger partial charge in [0.25, 0.3) is 0 Å². The molecule has 31 heavy (non-hydrogen) atoms. The van der Waals surface area contributed by atoms with E-state index in [0.29, 0.717) is 17.4 Å². The van der Waals surface area contributed by atoms with Gasteiger partial charge in [-0.1, -0.05) is 26.0 Å². The number of rotatable bonds is 4. The summed E-state index contributed by atoms with van der Waals surface area (Å²) in [6.45, 7) is 11.0. The number of fused-ring (bicyclic) bond motifs is 2. The second-order valence-electron chi connectivity index (χ2n) is 11.2. The van der Waals surface area contributed by atoms with Gasteiger partial charge in [0.05, 0.1) is 13.4 Å². The Morgan fingerprint density at radius 3 is 2.26 bits per heavy atom. The molecule has 0 spiro atoms. The number of benzene rings is 1. The molecule has 4 rings (SSSR count). The van der Waals surface area contributed by atoms with Crippen molar-refractivity contribution in [3.05, 3.63) is 47.2 Å². The highest BCUT2D eigenvalue weighted by Crippen LogP contribution is 2.56. The topological polar surface area (TPSA) is 49.7 Å². The molecule has 0 saturated heterocycles. The number of phenols is 2. The summed E-state index contributed by atoms with van der Waals surface area (Å²) in [7, 11) is 1.68. The van der Waals surface area contributed by atoms with Gasteiger partial charge in [0.15, 0.2) is 0 Å². The van der Waals surface area contributed by atoms with Crippen molar-refractivity contribution < 1.29 is 14.9 Å². The van der Waals surface area contributed by atoms with Gasteiger partial charge in [0, 0.05) is 11.5 Å². The minimum absolute atomic E-state index is 0.0301. The minimum atomic E-state index is 0.0301. The summed E-state index contributed by atoms with van der Waals surface area (Å²) in [4.78, 5) is 0. The summed E-state index contributed by atoms with van der Waals surface area (Å²) in [5.41, 5.74) is 4.28. The van der Waals surface area contributed by atoms with E-state index in [9.17, 15) is 10.2 Å². The van der Waals surface area contributed by atoms with E-state index in [1.807, 2.05) is 18.4 Å². The quantitative estimate of drug-likeness (QED) is 0.397. The van der Waals surface area contributed by atoms with Gasteiger partial charge >= 0.3 is 0 Å². The van der Waals surface area contributed by atoms with Gasteiger partial charge in [-0.3, -0.25) is 0 Å². The van der Waals surface area contributed by atoms with Crippen molar-refractivity contribution in [2.75, 3.05) is 7.11 Å². The molecule has 2 bridgehead atoms. The third kappa shape index (κ3) is 4.25. The van der Waals surface area contributed by atoms with Crippen LogP contribution in [0.3, 0.4) is 0 Å². The second-order valence-corrected chi connectivity index (χ2v) is 11.2. The Hall–Kier alpha value is -1.90. The molecule has 0 aliphatic heterocycles. The molecule has 0 radical (unpaired) electrons. The Kier molecular flexibility index (Phi) is 6.16. The van der Waals surface area contributed by atoms with Crippen LogP contribution < -0.4 is 0 Å². The number of allylic oxidation sites excluding steroid dienone is 2. The van der Waals surface area contributed by atoms with Crippen molar-refractivity contribution in [1.29, 1.82) is 0 Å². The van der Waals surface area contributed by atoms with Crippen LogP contribution in [0.5, 0.6) is 11.5 Å². The molecule has 170 valence electrons. The van der Waals surface area contributed by atoms with E-state index in [-0.39, 0.29) is 28.7 Å². The van der Waals surface area contributed by atoms with Crippen molar-refractivity contribution >= 4 is 0 Å². The predicted molar refractivity (Wildman–Crippen MR) is 126 cm³/mol. The molecule has 0 aromatic heterocycles. The lowest BCUT2D eigenvalue weighted by Crippen LogP contribution is -2.42. The van der Waals surface area contributed by atoms with Crippen LogP contribution >= 0.6 is 0 Å². The maximum Gasteiger partial charge on any atom is 0.123 e. The molecule has 2 N–H and O–H groups in total. The fourth-order valence-electron chi connectivity index (χ4n) is 7.60. The molecule has 4 atom stereocenters. The van der Waals surface area contributed by atoms with Gasteiger partial charge in [0.2, 0.25) is 0 Å². The number of hydrogen-bond donors (Lipinski definition) is 2. The van der Waals surface area contributed by atoms with Crippen LogP contribution in [0.4, 0.5) is 0 Å². The first kappa shape index (κ1) is 22.3.